The van der Waals surface area contributed by atoms with Crippen molar-refractivity contribution in [3.63, 3.8) is 0 Å². The van der Waals surface area contributed by atoms with Crippen molar-refractivity contribution in [2.24, 2.45) is 4.99 Å². The van der Waals surface area contributed by atoms with Gasteiger partial charge in [-0.3, -0.25) is 0 Å². The first kappa shape index (κ1) is 9.71. The van der Waals surface area contributed by atoms with Crippen molar-refractivity contribution in [2.45, 2.75) is 5.54 Å². The van der Waals surface area contributed by atoms with E-state index in [-0.39, 0.29) is 6.61 Å². The van der Waals surface area contributed by atoms with Gasteiger partial charge in [0.25, 0.3) is 0 Å². The topological polar surface area (TPSA) is 47.9 Å². The Balaban J connectivity index is 2.44. The van der Waals surface area contributed by atoms with Crippen molar-refractivity contribution < 1.29 is 14.3 Å². The van der Waals surface area contributed by atoms with E-state index in [2.05, 4.69) is 4.99 Å². The minimum Gasteiger partial charge on any atom is -0.480 e. The Morgan fingerprint density at radius 1 is 1.47 bits per heavy atom. The van der Waals surface area contributed by atoms with Crippen LogP contribution in [0.4, 0.5) is 0 Å². The van der Waals surface area contributed by atoms with Gasteiger partial charge in [0.2, 0.25) is 5.54 Å². The summed E-state index contributed by atoms with van der Waals surface area (Å²) in [4.78, 5) is 15.8. The third-order valence-electron chi connectivity index (χ3n) is 2.41. The first-order chi connectivity index (χ1) is 7.29. The van der Waals surface area contributed by atoms with E-state index in [1.807, 2.05) is 30.3 Å². The van der Waals surface area contributed by atoms with Crippen LogP contribution in [0.5, 0.6) is 0 Å². The SMILES string of the molecule is COC(=O)C1(c2ccccc2)COC=N1. The Kier molecular flexibility index (Phi) is 2.41. The molecule has 1 aliphatic rings. The van der Waals surface area contributed by atoms with Gasteiger partial charge in [0.15, 0.2) is 6.40 Å². The molecule has 0 bridgehead atoms. The molecular weight excluding hydrogens is 194 g/mol. The van der Waals surface area contributed by atoms with Crippen LogP contribution in [0.1, 0.15) is 5.56 Å². The Morgan fingerprint density at radius 3 is 2.73 bits per heavy atom. The number of rotatable bonds is 2. The minimum atomic E-state index is -1.02. The number of benzene rings is 1. The van der Waals surface area contributed by atoms with Gasteiger partial charge in [0.1, 0.15) is 6.61 Å². The lowest BCUT2D eigenvalue weighted by atomic mass is 9.92. The summed E-state index contributed by atoms with van der Waals surface area (Å²) in [5.74, 6) is -0.401. The smallest absolute Gasteiger partial charge is 0.342 e. The number of ether oxygens (including phenoxy) is 2. The van der Waals surface area contributed by atoms with E-state index in [9.17, 15) is 4.79 Å². The van der Waals surface area contributed by atoms with Crippen LogP contribution in [0.3, 0.4) is 0 Å². The Hall–Kier alpha value is -1.84. The molecule has 4 nitrogen and oxygen atoms in total. The molecule has 4 heteroatoms. The first-order valence-electron chi connectivity index (χ1n) is 4.59. The molecule has 0 saturated heterocycles. The number of carbonyl (C=O) groups excluding carboxylic acids is 1. The standard InChI is InChI=1S/C11H11NO3/c1-14-10(13)11(7-15-8-12-11)9-5-3-2-4-6-9/h2-6,8H,7H2,1H3. The summed E-state index contributed by atoms with van der Waals surface area (Å²) in [5.41, 5.74) is -0.235. The molecule has 1 aromatic carbocycles. The molecule has 0 amide bonds. The minimum absolute atomic E-state index is 0.198. The normalized spacial score (nSPS) is 23.5. The number of hydrogen-bond acceptors (Lipinski definition) is 4. The van der Waals surface area contributed by atoms with Crippen LogP contribution < -0.4 is 0 Å². The van der Waals surface area contributed by atoms with Gasteiger partial charge in [0, 0.05) is 0 Å². The summed E-state index contributed by atoms with van der Waals surface area (Å²) in [7, 11) is 1.35. The lowest BCUT2D eigenvalue weighted by Crippen LogP contribution is -2.36. The predicted octanol–water partition coefficient (Wildman–Crippen LogP) is 1.11. The van der Waals surface area contributed by atoms with Crippen LogP contribution in [0, 0.1) is 0 Å². The van der Waals surface area contributed by atoms with E-state index < -0.39 is 11.5 Å². The van der Waals surface area contributed by atoms with Crippen LogP contribution >= 0.6 is 0 Å². The van der Waals surface area contributed by atoms with Crippen molar-refractivity contribution in [1.82, 2.24) is 0 Å². The second-order valence-corrected chi connectivity index (χ2v) is 3.26. The number of nitrogens with zero attached hydrogens (tertiary/aromatic N) is 1. The van der Waals surface area contributed by atoms with Gasteiger partial charge in [-0.15, -0.1) is 0 Å². The number of methoxy groups -OCH3 is 1. The second-order valence-electron chi connectivity index (χ2n) is 3.26. The van der Waals surface area contributed by atoms with E-state index in [1.54, 1.807) is 0 Å². The molecule has 0 spiro atoms. The molecule has 0 aromatic heterocycles. The van der Waals surface area contributed by atoms with Crippen LogP contribution in [0.15, 0.2) is 35.3 Å². The number of hydrogen-bond donors (Lipinski definition) is 0. The van der Waals surface area contributed by atoms with Crippen molar-refractivity contribution in [3.8, 4) is 0 Å². The zero-order chi connectivity index (χ0) is 10.7. The highest BCUT2D eigenvalue weighted by Gasteiger charge is 2.44. The molecular formula is C11H11NO3. The predicted molar refractivity (Wildman–Crippen MR) is 54.6 cm³/mol. The Morgan fingerprint density at radius 2 is 2.20 bits per heavy atom. The molecule has 1 atom stereocenters. The van der Waals surface area contributed by atoms with Crippen LogP contribution in [-0.2, 0) is 19.8 Å². The van der Waals surface area contributed by atoms with Gasteiger partial charge in [-0.2, -0.15) is 0 Å². The quantitative estimate of drug-likeness (QED) is 0.679. The maximum absolute atomic E-state index is 11.7. The van der Waals surface area contributed by atoms with Gasteiger partial charge < -0.3 is 9.47 Å². The van der Waals surface area contributed by atoms with E-state index in [1.165, 1.54) is 13.5 Å². The summed E-state index contributed by atoms with van der Waals surface area (Å²) in [6.07, 6.45) is 1.30. The van der Waals surface area contributed by atoms with Crippen LogP contribution in [0.25, 0.3) is 0 Å². The summed E-state index contributed by atoms with van der Waals surface area (Å²) >= 11 is 0. The number of carbonyl (C=O) groups is 1. The summed E-state index contributed by atoms with van der Waals surface area (Å²) in [5, 5.41) is 0. The maximum Gasteiger partial charge on any atom is 0.342 e. The third kappa shape index (κ3) is 1.48. The van der Waals surface area contributed by atoms with Gasteiger partial charge >= 0.3 is 5.97 Å². The Bertz CT molecular complexity index is 388. The van der Waals surface area contributed by atoms with Crippen molar-refractivity contribution in [3.05, 3.63) is 35.9 Å². The zero-order valence-electron chi connectivity index (χ0n) is 8.34. The fourth-order valence-corrected chi connectivity index (χ4v) is 1.59. The van der Waals surface area contributed by atoms with Gasteiger partial charge in [-0.25, -0.2) is 9.79 Å². The summed E-state index contributed by atoms with van der Waals surface area (Å²) in [6, 6.07) is 9.27. The molecule has 0 aliphatic carbocycles. The van der Waals surface area contributed by atoms with Crippen molar-refractivity contribution in [2.75, 3.05) is 13.7 Å². The molecule has 0 fully saturated rings. The number of aliphatic imine (C=N–C) groups is 1. The summed E-state index contributed by atoms with van der Waals surface area (Å²) < 4.78 is 9.80. The van der Waals surface area contributed by atoms with Crippen molar-refractivity contribution >= 4 is 12.4 Å². The molecule has 0 saturated carbocycles. The van der Waals surface area contributed by atoms with Gasteiger partial charge in [0.05, 0.1) is 7.11 Å². The summed E-state index contributed by atoms with van der Waals surface area (Å²) in [6.45, 7) is 0.198. The highest BCUT2D eigenvalue weighted by molar-refractivity contribution is 5.85. The van der Waals surface area contributed by atoms with E-state index in [4.69, 9.17) is 9.47 Å². The molecule has 1 heterocycles. The number of esters is 1. The average molecular weight is 205 g/mol. The molecule has 78 valence electrons. The second kappa shape index (κ2) is 3.73. The van der Waals surface area contributed by atoms with E-state index in [0.29, 0.717) is 0 Å². The lowest BCUT2D eigenvalue weighted by Gasteiger charge is -2.21. The lowest BCUT2D eigenvalue weighted by molar-refractivity contribution is -0.147. The highest BCUT2D eigenvalue weighted by Crippen LogP contribution is 2.30. The molecule has 2 rings (SSSR count). The van der Waals surface area contributed by atoms with E-state index in [0.717, 1.165) is 5.56 Å². The monoisotopic (exact) mass is 205 g/mol. The molecule has 0 N–H and O–H groups in total. The molecule has 1 unspecified atom stereocenters. The highest BCUT2D eigenvalue weighted by atomic mass is 16.5. The largest absolute Gasteiger partial charge is 0.480 e. The maximum atomic E-state index is 11.7. The first-order valence-corrected chi connectivity index (χ1v) is 4.59. The molecule has 1 aliphatic heterocycles. The molecule has 15 heavy (non-hydrogen) atoms. The van der Waals surface area contributed by atoms with Gasteiger partial charge in [-0.1, -0.05) is 30.3 Å². The van der Waals surface area contributed by atoms with Gasteiger partial charge in [-0.05, 0) is 5.56 Å². The fraction of sp³-hybridized carbons (Fsp3) is 0.273. The van der Waals surface area contributed by atoms with Crippen LogP contribution in [-0.4, -0.2) is 26.1 Å². The van der Waals surface area contributed by atoms with Crippen LogP contribution in [0.2, 0.25) is 0 Å². The third-order valence-corrected chi connectivity index (χ3v) is 2.41. The molecule has 1 aromatic rings. The Labute approximate surface area is 87.5 Å². The molecule has 0 radical (unpaired) electrons. The average Bonchev–Trinajstić information content (AvgIpc) is 2.79. The zero-order valence-corrected chi connectivity index (χ0v) is 8.34. The van der Waals surface area contributed by atoms with Crippen molar-refractivity contribution in [1.29, 1.82) is 0 Å². The van der Waals surface area contributed by atoms with E-state index >= 15 is 0 Å². The fourth-order valence-electron chi connectivity index (χ4n) is 1.59.